The quantitative estimate of drug-likeness (QED) is 0.653. The fraction of sp³-hybridized carbons (Fsp3) is 0.333. The Bertz CT molecular complexity index is 775. The van der Waals surface area contributed by atoms with E-state index in [2.05, 4.69) is 5.32 Å². The van der Waals surface area contributed by atoms with Crippen LogP contribution in [0, 0.1) is 6.92 Å². The normalized spacial score (nSPS) is 12.2. The lowest BCUT2D eigenvalue weighted by Crippen LogP contribution is -2.46. The van der Waals surface area contributed by atoms with E-state index in [1.165, 1.54) is 0 Å². The van der Waals surface area contributed by atoms with E-state index in [1.807, 2.05) is 39.8 Å². The van der Waals surface area contributed by atoms with Crippen LogP contribution >= 0.6 is 0 Å². The molecule has 0 aliphatic carbocycles. The van der Waals surface area contributed by atoms with Gasteiger partial charge in [-0.15, -0.1) is 0 Å². The third-order valence-electron chi connectivity index (χ3n) is 3.58. The van der Waals surface area contributed by atoms with Crippen molar-refractivity contribution in [1.29, 1.82) is 0 Å². The Morgan fingerprint density at radius 3 is 2.12 bits per heavy atom. The van der Waals surface area contributed by atoms with Crippen molar-refractivity contribution >= 4 is 11.9 Å². The van der Waals surface area contributed by atoms with Gasteiger partial charge in [-0.25, -0.2) is 4.79 Å². The lowest BCUT2D eigenvalue weighted by molar-refractivity contribution is -0.128. The zero-order chi connectivity index (χ0) is 19.3. The Morgan fingerprint density at radius 2 is 1.54 bits per heavy atom. The molecule has 5 heteroatoms. The minimum absolute atomic E-state index is 0.187. The minimum Gasteiger partial charge on any atom is -0.481 e. The van der Waals surface area contributed by atoms with Crippen molar-refractivity contribution in [2.75, 3.05) is 0 Å². The van der Waals surface area contributed by atoms with Crippen molar-refractivity contribution in [3.63, 3.8) is 0 Å². The molecule has 1 N–H and O–H groups in total. The zero-order valence-corrected chi connectivity index (χ0v) is 15.8. The molecule has 1 amide bonds. The first-order valence-corrected chi connectivity index (χ1v) is 8.52. The Kier molecular flexibility index (Phi) is 6.03. The van der Waals surface area contributed by atoms with Crippen molar-refractivity contribution in [3.05, 3.63) is 59.7 Å². The van der Waals surface area contributed by atoms with Crippen molar-refractivity contribution in [3.8, 4) is 11.5 Å². The van der Waals surface area contributed by atoms with E-state index in [4.69, 9.17) is 9.47 Å². The van der Waals surface area contributed by atoms with Crippen LogP contribution in [-0.4, -0.2) is 23.5 Å². The topological polar surface area (TPSA) is 64.6 Å². The molecule has 0 saturated carbocycles. The van der Waals surface area contributed by atoms with E-state index in [9.17, 15) is 9.59 Å². The van der Waals surface area contributed by atoms with Crippen LogP contribution in [0.4, 0.5) is 0 Å². The van der Waals surface area contributed by atoms with E-state index in [-0.39, 0.29) is 11.4 Å². The maximum atomic E-state index is 12.2. The van der Waals surface area contributed by atoms with Gasteiger partial charge in [0.2, 0.25) is 0 Å². The summed E-state index contributed by atoms with van der Waals surface area (Å²) in [4.78, 5) is 24.3. The number of hydrogen-bond donors (Lipinski definition) is 1. The predicted molar refractivity (Wildman–Crippen MR) is 101 cm³/mol. The van der Waals surface area contributed by atoms with E-state index in [1.54, 1.807) is 43.3 Å². The summed E-state index contributed by atoms with van der Waals surface area (Å²) in [6.07, 6.45) is -0.630. The molecule has 26 heavy (non-hydrogen) atoms. The molecule has 0 bridgehead atoms. The number of amides is 1. The van der Waals surface area contributed by atoms with E-state index in [0.29, 0.717) is 17.1 Å². The van der Waals surface area contributed by atoms with Gasteiger partial charge in [0.05, 0.1) is 5.56 Å². The summed E-state index contributed by atoms with van der Waals surface area (Å²) in [5.41, 5.74) is 1.07. The fourth-order valence-corrected chi connectivity index (χ4v) is 2.28. The number of hydrogen-bond acceptors (Lipinski definition) is 4. The third-order valence-corrected chi connectivity index (χ3v) is 3.58. The van der Waals surface area contributed by atoms with Crippen molar-refractivity contribution in [2.24, 2.45) is 0 Å². The first kappa shape index (κ1) is 19.5. The molecule has 2 aromatic carbocycles. The molecule has 138 valence electrons. The summed E-state index contributed by atoms with van der Waals surface area (Å²) in [6.45, 7) is 9.28. The van der Waals surface area contributed by atoms with Crippen LogP contribution in [0.5, 0.6) is 11.5 Å². The smallest absolute Gasteiger partial charge is 0.343 e. The molecule has 0 spiro atoms. The third kappa shape index (κ3) is 5.62. The number of rotatable bonds is 5. The maximum Gasteiger partial charge on any atom is 0.343 e. The van der Waals surface area contributed by atoms with Gasteiger partial charge in [-0.1, -0.05) is 18.2 Å². The van der Waals surface area contributed by atoms with Crippen LogP contribution in [0.3, 0.4) is 0 Å². The van der Waals surface area contributed by atoms with Crippen LogP contribution in [0.15, 0.2) is 48.5 Å². The molecular formula is C21H25NO4. The number of ether oxygens (including phenoxy) is 2. The molecule has 5 nitrogen and oxygen atoms in total. The summed E-state index contributed by atoms with van der Waals surface area (Å²) >= 11 is 0. The lowest BCUT2D eigenvalue weighted by atomic mass is 10.1. The average molecular weight is 355 g/mol. The largest absolute Gasteiger partial charge is 0.481 e. The second-order valence-electron chi connectivity index (χ2n) is 7.18. The molecule has 0 fully saturated rings. The molecule has 2 rings (SSSR count). The summed E-state index contributed by atoms with van der Waals surface area (Å²) < 4.78 is 11.0. The Balaban J connectivity index is 1.97. The zero-order valence-electron chi connectivity index (χ0n) is 15.8. The van der Waals surface area contributed by atoms with Gasteiger partial charge >= 0.3 is 5.97 Å². The average Bonchev–Trinajstić information content (AvgIpc) is 2.55. The monoisotopic (exact) mass is 355 g/mol. The summed E-state index contributed by atoms with van der Waals surface area (Å²) in [7, 11) is 0. The number of carbonyl (C=O) groups excluding carboxylic acids is 2. The minimum atomic E-state index is -0.630. The Labute approximate surface area is 154 Å². The molecule has 2 aromatic rings. The van der Waals surface area contributed by atoms with Crippen molar-refractivity contribution < 1.29 is 19.1 Å². The Hall–Kier alpha value is -2.82. The second-order valence-corrected chi connectivity index (χ2v) is 7.18. The van der Waals surface area contributed by atoms with Crippen LogP contribution in [-0.2, 0) is 4.79 Å². The fourth-order valence-electron chi connectivity index (χ4n) is 2.28. The van der Waals surface area contributed by atoms with E-state index in [0.717, 1.165) is 5.56 Å². The highest BCUT2D eigenvalue weighted by Crippen LogP contribution is 2.20. The molecule has 0 radical (unpaired) electrons. The molecule has 0 aromatic heterocycles. The first-order valence-electron chi connectivity index (χ1n) is 8.52. The van der Waals surface area contributed by atoms with Gasteiger partial charge in [0.25, 0.3) is 5.91 Å². The molecular weight excluding hydrogens is 330 g/mol. The van der Waals surface area contributed by atoms with Crippen LogP contribution < -0.4 is 14.8 Å². The van der Waals surface area contributed by atoms with Gasteiger partial charge in [-0.3, -0.25) is 4.79 Å². The molecule has 0 saturated heterocycles. The molecule has 0 aliphatic heterocycles. The molecule has 0 aliphatic rings. The van der Waals surface area contributed by atoms with Crippen molar-refractivity contribution in [1.82, 2.24) is 5.32 Å². The van der Waals surface area contributed by atoms with Gasteiger partial charge in [0.1, 0.15) is 11.5 Å². The molecule has 1 atom stereocenters. The standard InChI is InChI=1S/C21H25NO4/c1-14-8-6-7-9-18(14)20(24)26-17-12-10-16(11-13-17)25-15(2)19(23)22-21(3,4)5/h6-13,15H,1-5H3,(H,22,23). The molecule has 1 unspecified atom stereocenters. The Morgan fingerprint density at radius 1 is 0.962 bits per heavy atom. The van der Waals surface area contributed by atoms with Gasteiger partial charge in [0, 0.05) is 5.54 Å². The van der Waals surface area contributed by atoms with Gasteiger partial charge in [-0.05, 0) is 70.5 Å². The van der Waals surface area contributed by atoms with E-state index < -0.39 is 12.1 Å². The number of benzene rings is 2. The van der Waals surface area contributed by atoms with Crippen molar-refractivity contribution in [2.45, 2.75) is 46.3 Å². The predicted octanol–water partition coefficient (Wildman–Crippen LogP) is 3.90. The van der Waals surface area contributed by atoms with E-state index >= 15 is 0 Å². The number of carbonyl (C=O) groups is 2. The molecule has 0 heterocycles. The number of nitrogens with one attached hydrogen (secondary N) is 1. The second kappa shape index (κ2) is 8.04. The summed E-state index contributed by atoms with van der Waals surface area (Å²) in [6, 6.07) is 13.9. The maximum absolute atomic E-state index is 12.2. The summed E-state index contributed by atoms with van der Waals surface area (Å²) in [5, 5.41) is 2.87. The first-order chi connectivity index (χ1) is 12.2. The highest BCUT2D eigenvalue weighted by molar-refractivity contribution is 5.92. The van der Waals surface area contributed by atoms with Crippen LogP contribution in [0.25, 0.3) is 0 Å². The lowest BCUT2D eigenvalue weighted by Gasteiger charge is -2.23. The van der Waals surface area contributed by atoms with Gasteiger partial charge < -0.3 is 14.8 Å². The highest BCUT2D eigenvalue weighted by Gasteiger charge is 2.20. The van der Waals surface area contributed by atoms with Crippen LogP contribution in [0.1, 0.15) is 43.6 Å². The van der Waals surface area contributed by atoms with Crippen LogP contribution in [0.2, 0.25) is 0 Å². The van der Waals surface area contributed by atoms with Gasteiger partial charge in [-0.2, -0.15) is 0 Å². The highest BCUT2D eigenvalue weighted by atomic mass is 16.5. The summed E-state index contributed by atoms with van der Waals surface area (Å²) in [5.74, 6) is 0.344. The number of aryl methyl sites for hydroxylation is 1. The number of esters is 1. The van der Waals surface area contributed by atoms with Gasteiger partial charge in [0.15, 0.2) is 6.10 Å². The SMILES string of the molecule is Cc1ccccc1C(=O)Oc1ccc(OC(C)C(=O)NC(C)(C)C)cc1.